The van der Waals surface area contributed by atoms with Gasteiger partial charge >= 0.3 is 5.97 Å². The number of carbonyl (C=O) groups excluding carboxylic acids is 1. The summed E-state index contributed by atoms with van der Waals surface area (Å²) in [6, 6.07) is 0. The molecular formula is C15H30O4. The van der Waals surface area contributed by atoms with Gasteiger partial charge < -0.3 is 14.6 Å². The van der Waals surface area contributed by atoms with Crippen molar-refractivity contribution in [1.82, 2.24) is 0 Å². The lowest BCUT2D eigenvalue weighted by atomic mass is 10.0. The van der Waals surface area contributed by atoms with E-state index in [1.165, 1.54) is 0 Å². The van der Waals surface area contributed by atoms with Crippen LogP contribution in [-0.4, -0.2) is 34.5 Å². The Morgan fingerprint density at radius 1 is 1.00 bits per heavy atom. The normalized spacial score (nSPS) is 13.5. The fourth-order valence-corrected chi connectivity index (χ4v) is 1.44. The van der Waals surface area contributed by atoms with E-state index in [1.54, 1.807) is 13.8 Å². The summed E-state index contributed by atoms with van der Waals surface area (Å²) < 4.78 is 11.0. The minimum Gasteiger partial charge on any atom is -0.460 e. The Labute approximate surface area is 117 Å². The van der Waals surface area contributed by atoms with Gasteiger partial charge in [0.05, 0.1) is 17.8 Å². The van der Waals surface area contributed by atoms with Crippen LogP contribution in [0.5, 0.6) is 0 Å². The zero-order valence-corrected chi connectivity index (χ0v) is 13.5. The zero-order chi connectivity index (χ0) is 15.3. The minimum atomic E-state index is -0.721. The molecule has 0 aliphatic rings. The highest BCUT2D eigenvalue weighted by Gasteiger charge is 2.23. The summed E-state index contributed by atoms with van der Waals surface area (Å²) in [5.41, 5.74) is -1.55. The topological polar surface area (TPSA) is 55.8 Å². The molecule has 4 nitrogen and oxygen atoms in total. The standard InChI is InChI=1S/C15H30O4/c1-13(2,3)19-12(16)8-9-15(6,7)18-11-10-14(4,5)17/h17H,8-11H2,1-7H3. The van der Waals surface area contributed by atoms with Crippen LogP contribution < -0.4 is 0 Å². The molecule has 0 aromatic carbocycles. The molecule has 19 heavy (non-hydrogen) atoms. The third-order valence-corrected chi connectivity index (χ3v) is 2.56. The molecule has 0 aromatic heterocycles. The molecule has 4 heteroatoms. The molecule has 0 rings (SSSR count). The van der Waals surface area contributed by atoms with E-state index >= 15 is 0 Å². The highest BCUT2D eigenvalue weighted by Crippen LogP contribution is 2.20. The van der Waals surface area contributed by atoms with Crippen LogP contribution in [0.25, 0.3) is 0 Å². The van der Waals surface area contributed by atoms with Gasteiger partial charge in [0.1, 0.15) is 5.60 Å². The summed E-state index contributed by atoms with van der Waals surface area (Å²) >= 11 is 0. The van der Waals surface area contributed by atoms with Crippen LogP contribution in [0.1, 0.15) is 67.7 Å². The Kier molecular flexibility index (Phi) is 6.49. The van der Waals surface area contributed by atoms with Crippen molar-refractivity contribution in [3.05, 3.63) is 0 Å². The second-order valence-electron chi connectivity index (χ2n) is 7.26. The van der Waals surface area contributed by atoms with Crippen molar-refractivity contribution in [2.75, 3.05) is 6.61 Å². The molecule has 0 saturated carbocycles. The Morgan fingerprint density at radius 3 is 1.95 bits per heavy atom. The summed E-state index contributed by atoms with van der Waals surface area (Å²) in [6.45, 7) is 13.4. The van der Waals surface area contributed by atoms with Crippen molar-refractivity contribution in [2.24, 2.45) is 0 Å². The summed E-state index contributed by atoms with van der Waals surface area (Å²) in [4.78, 5) is 11.6. The van der Waals surface area contributed by atoms with Crippen molar-refractivity contribution in [3.8, 4) is 0 Å². The van der Waals surface area contributed by atoms with E-state index in [1.807, 2.05) is 34.6 Å². The maximum atomic E-state index is 11.6. The van der Waals surface area contributed by atoms with Crippen LogP contribution >= 0.6 is 0 Å². The lowest BCUT2D eigenvalue weighted by Crippen LogP contribution is -2.30. The Balaban J connectivity index is 4.00. The van der Waals surface area contributed by atoms with E-state index < -0.39 is 11.2 Å². The largest absolute Gasteiger partial charge is 0.460 e. The predicted octanol–water partition coefficient (Wildman–Crippen LogP) is 3.06. The SMILES string of the molecule is CC(C)(O)CCOC(C)(C)CCC(=O)OC(C)(C)C. The average Bonchev–Trinajstić information content (AvgIpc) is 2.09. The van der Waals surface area contributed by atoms with Gasteiger partial charge in [-0.25, -0.2) is 0 Å². The minimum absolute atomic E-state index is 0.202. The monoisotopic (exact) mass is 274 g/mol. The van der Waals surface area contributed by atoms with Crippen LogP contribution in [0.3, 0.4) is 0 Å². The Bertz CT molecular complexity index is 282. The van der Waals surface area contributed by atoms with E-state index in [4.69, 9.17) is 9.47 Å². The first-order chi connectivity index (χ1) is 8.31. The van der Waals surface area contributed by atoms with Crippen LogP contribution in [0.2, 0.25) is 0 Å². The van der Waals surface area contributed by atoms with Crippen molar-refractivity contribution >= 4 is 5.97 Å². The molecule has 0 radical (unpaired) electrons. The first-order valence-corrected chi connectivity index (χ1v) is 6.89. The van der Waals surface area contributed by atoms with Gasteiger partial charge in [-0.1, -0.05) is 0 Å². The first kappa shape index (κ1) is 18.4. The Morgan fingerprint density at radius 2 is 1.53 bits per heavy atom. The third kappa shape index (κ3) is 12.2. The predicted molar refractivity (Wildman–Crippen MR) is 76.0 cm³/mol. The summed E-state index contributed by atoms with van der Waals surface area (Å²) in [5.74, 6) is -0.202. The van der Waals surface area contributed by atoms with E-state index in [0.717, 1.165) is 0 Å². The maximum Gasteiger partial charge on any atom is 0.306 e. The van der Waals surface area contributed by atoms with Crippen LogP contribution in [0.4, 0.5) is 0 Å². The highest BCUT2D eigenvalue weighted by molar-refractivity contribution is 5.69. The average molecular weight is 274 g/mol. The third-order valence-electron chi connectivity index (χ3n) is 2.56. The molecule has 1 N–H and O–H groups in total. The van der Waals surface area contributed by atoms with Gasteiger partial charge in [-0.2, -0.15) is 0 Å². The quantitative estimate of drug-likeness (QED) is 0.725. The highest BCUT2D eigenvalue weighted by atomic mass is 16.6. The van der Waals surface area contributed by atoms with E-state index in [2.05, 4.69) is 0 Å². The van der Waals surface area contributed by atoms with Crippen molar-refractivity contribution < 1.29 is 19.4 Å². The molecule has 0 bridgehead atoms. The van der Waals surface area contributed by atoms with Crippen molar-refractivity contribution in [3.63, 3.8) is 0 Å². The van der Waals surface area contributed by atoms with Gasteiger partial charge in [0, 0.05) is 6.42 Å². The van der Waals surface area contributed by atoms with E-state index in [0.29, 0.717) is 25.9 Å². The molecule has 0 heterocycles. The number of ether oxygens (including phenoxy) is 2. The molecule has 0 amide bonds. The maximum absolute atomic E-state index is 11.6. The van der Waals surface area contributed by atoms with Gasteiger partial charge in [0.15, 0.2) is 0 Å². The zero-order valence-electron chi connectivity index (χ0n) is 13.5. The second-order valence-corrected chi connectivity index (χ2v) is 7.26. The van der Waals surface area contributed by atoms with E-state index in [9.17, 15) is 9.90 Å². The van der Waals surface area contributed by atoms with Gasteiger partial charge in [0.2, 0.25) is 0 Å². The van der Waals surface area contributed by atoms with Crippen LogP contribution in [0.15, 0.2) is 0 Å². The molecule has 0 aliphatic heterocycles. The molecule has 0 atom stereocenters. The number of rotatable bonds is 7. The van der Waals surface area contributed by atoms with Gasteiger partial charge in [-0.15, -0.1) is 0 Å². The number of hydrogen-bond donors (Lipinski definition) is 1. The van der Waals surface area contributed by atoms with Crippen LogP contribution in [0, 0.1) is 0 Å². The molecule has 0 saturated heterocycles. The molecule has 114 valence electrons. The molecule has 0 spiro atoms. The number of carbonyl (C=O) groups is 1. The van der Waals surface area contributed by atoms with Gasteiger partial charge in [0.25, 0.3) is 0 Å². The fraction of sp³-hybridized carbons (Fsp3) is 0.933. The lowest BCUT2D eigenvalue weighted by molar-refractivity contribution is -0.156. The number of aliphatic hydroxyl groups is 1. The molecule has 0 fully saturated rings. The summed E-state index contributed by atoms with van der Waals surface area (Å²) in [5, 5.41) is 9.61. The first-order valence-electron chi connectivity index (χ1n) is 6.89. The molecule has 0 aliphatic carbocycles. The molecule has 0 unspecified atom stereocenters. The van der Waals surface area contributed by atoms with Gasteiger partial charge in [-0.05, 0) is 61.3 Å². The smallest absolute Gasteiger partial charge is 0.306 e. The number of esters is 1. The van der Waals surface area contributed by atoms with Crippen LogP contribution in [-0.2, 0) is 14.3 Å². The number of hydrogen-bond acceptors (Lipinski definition) is 4. The molecule has 0 aromatic rings. The Hall–Kier alpha value is -0.610. The van der Waals surface area contributed by atoms with Crippen molar-refractivity contribution in [2.45, 2.75) is 84.5 Å². The molecular weight excluding hydrogens is 244 g/mol. The second kappa shape index (κ2) is 6.71. The summed E-state index contributed by atoms with van der Waals surface area (Å²) in [7, 11) is 0. The van der Waals surface area contributed by atoms with E-state index in [-0.39, 0.29) is 11.6 Å². The van der Waals surface area contributed by atoms with Crippen molar-refractivity contribution in [1.29, 1.82) is 0 Å². The fourth-order valence-electron chi connectivity index (χ4n) is 1.44. The lowest BCUT2D eigenvalue weighted by Gasteiger charge is -2.28. The van der Waals surface area contributed by atoms with Gasteiger partial charge in [-0.3, -0.25) is 4.79 Å². The summed E-state index contributed by atoms with van der Waals surface area (Å²) in [6.07, 6.45) is 1.52.